The summed E-state index contributed by atoms with van der Waals surface area (Å²) in [7, 11) is 0. The van der Waals surface area contributed by atoms with Crippen molar-refractivity contribution in [1.82, 2.24) is 9.97 Å². The SMILES string of the molecule is C(/c1ccc(-c2ccccc2)cc1)=c1/s/c(=C/c2ccc(-c3ccccc3)cc2)c2nc3ccccc3nc12. The molecule has 7 rings (SSSR count). The van der Waals surface area contributed by atoms with E-state index in [1.165, 1.54) is 22.3 Å². The standard InChI is InChI=1S/C36H24N2S/c1-3-9-27(10-4-1)29-19-15-25(16-20-29)23-33-35-36(38-32-14-8-7-13-31(32)37-35)34(39-33)24-26-17-21-30(22-18-26)28-11-5-2-6-12-28/h1-24H/b33-23-,34-24+. The zero-order valence-corrected chi connectivity index (χ0v) is 22.0. The van der Waals surface area contributed by atoms with Gasteiger partial charge >= 0.3 is 0 Å². The van der Waals surface area contributed by atoms with Crippen LogP contribution in [0.25, 0.3) is 56.5 Å². The van der Waals surface area contributed by atoms with Gasteiger partial charge in [-0.25, -0.2) is 9.97 Å². The molecular weight excluding hydrogens is 492 g/mol. The van der Waals surface area contributed by atoms with Crippen LogP contribution >= 0.6 is 11.3 Å². The van der Waals surface area contributed by atoms with Crippen molar-refractivity contribution in [3.63, 3.8) is 0 Å². The smallest absolute Gasteiger partial charge is 0.108 e. The molecule has 0 bridgehead atoms. The molecule has 0 fully saturated rings. The summed E-state index contributed by atoms with van der Waals surface area (Å²) in [6, 6.07) is 46.5. The third-order valence-electron chi connectivity index (χ3n) is 6.89. The molecule has 2 heterocycles. The first-order valence-corrected chi connectivity index (χ1v) is 13.8. The zero-order valence-electron chi connectivity index (χ0n) is 21.2. The summed E-state index contributed by atoms with van der Waals surface area (Å²) in [4.78, 5) is 10.1. The Morgan fingerprint density at radius 3 is 1.15 bits per heavy atom. The van der Waals surface area contributed by atoms with Gasteiger partial charge in [0, 0.05) is 0 Å². The molecule has 184 valence electrons. The molecule has 0 radical (unpaired) electrons. The molecule has 0 amide bonds. The Morgan fingerprint density at radius 2 is 0.744 bits per heavy atom. The summed E-state index contributed by atoms with van der Waals surface area (Å²) < 4.78 is 2.23. The van der Waals surface area contributed by atoms with E-state index >= 15 is 0 Å². The molecule has 0 N–H and O–H groups in total. The summed E-state index contributed by atoms with van der Waals surface area (Å²) in [6.07, 6.45) is 4.45. The van der Waals surface area contributed by atoms with E-state index in [0.717, 1.165) is 42.3 Å². The van der Waals surface area contributed by atoms with Gasteiger partial charge in [0.1, 0.15) is 11.0 Å². The summed E-state index contributed by atoms with van der Waals surface area (Å²) in [5.41, 5.74) is 10.9. The van der Waals surface area contributed by atoms with Crippen molar-refractivity contribution in [2.45, 2.75) is 0 Å². The molecule has 2 aromatic heterocycles. The number of para-hydroxylation sites is 2. The van der Waals surface area contributed by atoms with E-state index in [4.69, 9.17) is 9.97 Å². The molecule has 3 heteroatoms. The van der Waals surface area contributed by atoms with Crippen LogP contribution in [0.2, 0.25) is 0 Å². The number of hydrogen-bond acceptors (Lipinski definition) is 3. The van der Waals surface area contributed by atoms with Crippen LogP contribution in [-0.2, 0) is 0 Å². The summed E-state index contributed by atoms with van der Waals surface area (Å²) >= 11 is 1.74. The van der Waals surface area contributed by atoms with Gasteiger partial charge in [-0.05, 0) is 57.7 Å². The molecule has 5 aromatic carbocycles. The number of benzene rings is 5. The van der Waals surface area contributed by atoms with Gasteiger partial charge in [-0.2, -0.15) is 0 Å². The Bertz CT molecular complexity index is 1880. The molecule has 0 saturated heterocycles. The van der Waals surface area contributed by atoms with Gasteiger partial charge in [0.15, 0.2) is 0 Å². The van der Waals surface area contributed by atoms with E-state index in [-0.39, 0.29) is 0 Å². The largest absolute Gasteiger partial charge is 0.243 e. The average Bonchev–Trinajstić information content (AvgIpc) is 3.33. The lowest BCUT2D eigenvalue weighted by Crippen LogP contribution is -1.98. The van der Waals surface area contributed by atoms with Crippen LogP contribution in [0.3, 0.4) is 0 Å². The minimum absolute atomic E-state index is 0.913. The Labute approximate surface area is 230 Å². The predicted molar refractivity (Wildman–Crippen MR) is 165 cm³/mol. The first kappa shape index (κ1) is 23.3. The molecule has 0 unspecified atom stereocenters. The molecule has 0 aliphatic carbocycles. The average molecular weight is 517 g/mol. The van der Waals surface area contributed by atoms with Crippen LogP contribution < -0.4 is 9.06 Å². The van der Waals surface area contributed by atoms with Gasteiger partial charge in [0.2, 0.25) is 0 Å². The predicted octanol–water partition coefficient (Wildman–Crippen LogP) is 7.84. The van der Waals surface area contributed by atoms with Crippen molar-refractivity contribution in [3.05, 3.63) is 154 Å². The fourth-order valence-electron chi connectivity index (χ4n) is 4.86. The molecule has 0 aliphatic heterocycles. The van der Waals surface area contributed by atoms with Crippen molar-refractivity contribution >= 4 is 45.6 Å². The Kier molecular flexibility index (Phi) is 6.04. The minimum Gasteiger partial charge on any atom is -0.243 e. The second-order valence-electron chi connectivity index (χ2n) is 9.50. The second kappa shape index (κ2) is 10.1. The van der Waals surface area contributed by atoms with Crippen molar-refractivity contribution in [3.8, 4) is 22.3 Å². The Hall–Kier alpha value is -4.86. The van der Waals surface area contributed by atoms with E-state index < -0.39 is 0 Å². The lowest BCUT2D eigenvalue weighted by Gasteiger charge is -2.01. The van der Waals surface area contributed by atoms with Crippen LogP contribution in [0.15, 0.2) is 133 Å². The maximum atomic E-state index is 5.05. The third-order valence-corrected chi connectivity index (χ3v) is 7.95. The molecule has 7 aromatic rings. The molecule has 0 saturated carbocycles. The highest BCUT2D eigenvalue weighted by atomic mass is 32.1. The normalized spacial score (nSPS) is 12.4. The lowest BCUT2D eigenvalue weighted by atomic mass is 10.0. The summed E-state index contributed by atoms with van der Waals surface area (Å²) in [5.74, 6) is 0. The van der Waals surface area contributed by atoms with Crippen LogP contribution in [0.1, 0.15) is 11.1 Å². The highest BCUT2D eigenvalue weighted by Gasteiger charge is 2.08. The summed E-state index contributed by atoms with van der Waals surface area (Å²) in [6.45, 7) is 0. The van der Waals surface area contributed by atoms with Crippen molar-refractivity contribution in [2.24, 2.45) is 0 Å². The molecule has 0 aliphatic rings. The van der Waals surface area contributed by atoms with Gasteiger partial charge in [-0.3, -0.25) is 0 Å². The monoisotopic (exact) mass is 516 g/mol. The highest BCUT2D eigenvalue weighted by Crippen LogP contribution is 2.21. The number of thiophene rings is 1. The highest BCUT2D eigenvalue weighted by molar-refractivity contribution is 7.09. The molecular formula is C36H24N2S. The Morgan fingerprint density at radius 1 is 0.385 bits per heavy atom. The topological polar surface area (TPSA) is 25.8 Å². The van der Waals surface area contributed by atoms with E-state index in [1.54, 1.807) is 11.3 Å². The second-order valence-corrected chi connectivity index (χ2v) is 10.6. The maximum absolute atomic E-state index is 5.05. The molecule has 0 atom stereocenters. The zero-order chi connectivity index (χ0) is 26.0. The van der Waals surface area contributed by atoms with E-state index in [0.29, 0.717) is 0 Å². The molecule has 39 heavy (non-hydrogen) atoms. The van der Waals surface area contributed by atoms with E-state index in [2.05, 4.69) is 109 Å². The van der Waals surface area contributed by atoms with Gasteiger partial charge in [-0.1, -0.05) is 121 Å². The van der Waals surface area contributed by atoms with Gasteiger partial charge in [0.25, 0.3) is 0 Å². The Balaban J connectivity index is 1.35. The summed E-state index contributed by atoms with van der Waals surface area (Å²) in [5, 5.41) is 0. The van der Waals surface area contributed by atoms with Crippen molar-refractivity contribution in [1.29, 1.82) is 0 Å². The van der Waals surface area contributed by atoms with E-state index in [1.807, 2.05) is 36.4 Å². The molecule has 2 nitrogen and oxygen atoms in total. The van der Waals surface area contributed by atoms with Crippen LogP contribution in [-0.4, -0.2) is 9.97 Å². The lowest BCUT2D eigenvalue weighted by molar-refractivity contribution is 1.40. The van der Waals surface area contributed by atoms with Crippen LogP contribution in [0.5, 0.6) is 0 Å². The number of aromatic nitrogens is 2. The van der Waals surface area contributed by atoms with Crippen molar-refractivity contribution in [2.75, 3.05) is 0 Å². The number of nitrogens with zero attached hydrogens (tertiary/aromatic N) is 2. The minimum atomic E-state index is 0.913. The first-order valence-electron chi connectivity index (χ1n) is 13.0. The maximum Gasteiger partial charge on any atom is 0.108 e. The van der Waals surface area contributed by atoms with Crippen molar-refractivity contribution < 1.29 is 0 Å². The third kappa shape index (κ3) is 4.76. The number of fused-ring (bicyclic) bond motifs is 2. The van der Waals surface area contributed by atoms with Crippen LogP contribution in [0, 0.1) is 0 Å². The fourth-order valence-corrected chi connectivity index (χ4v) is 5.97. The van der Waals surface area contributed by atoms with Crippen LogP contribution in [0.4, 0.5) is 0 Å². The van der Waals surface area contributed by atoms with Gasteiger partial charge in [0.05, 0.1) is 20.1 Å². The van der Waals surface area contributed by atoms with Gasteiger partial charge < -0.3 is 0 Å². The number of hydrogen-bond donors (Lipinski definition) is 0. The van der Waals surface area contributed by atoms with Gasteiger partial charge in [-0.15, -0.1) is 11.3 Å². The number of rotatable bonds is 4. The fraction of sp³-hybridized carbons (Fsp3) is 0. The molecule has 0 spiro atoms. The first-order chi connectivity index (χ1) is 19.3. The quantitative estimate of drug-likeness (QED) is 0.238. The van der Waals surface area contributed by atoms with E-state index in [9.17, 15) is 0 Å².